The van der Waals surface area contributed by atoms with Crippen LogP contribution in [0, 0.1) is 5.82 Å². The van der Waals surface area contributed by atoms with Crippen molar-refractivity contribution < 1.29 is 17.6 Å². The van der Waals surface area contributed by atoms with Gasteiger partial charge in [0.2, 0.25) is 0 Å². The SMILES string of the molecule is CC(C)(C)c1cc(-c2cc(-c3cc[c]([Ge]([CH3])([CH3])[CH3])cc3C(F)(F)F)c(F)cn2)cc2ccccc12. The number of halogens is 4. The van der Waals surface area contributed by atoms with Gasteiger partial charge in [0.15, 0.2) is 0 Å². The summed E-state index contributed by atoms with van der Waals surface area (Å²) in [6.07, 6.45) is -3.58. The average Bonchev–Trinajstić information content (AvgIpc) is 2.76. The first-order valence-corrected chi connectivity index (χ1v) is 18.9. The Hall–Kier alpha value is -2.67. The van der Waals surface area contributed by atoms with Gasteiger partial charge < -0.3 is 0 Å². The summed E-state index contributed by atoms with van der Waals surface area (Å²) in [5.74, 6) is 5.33. The van der Waals surface area contributed by atoms with E-state index >= 15 is 0 Å². The summed E-state index contributed by atoms with van der Waals surface area (Å²) in [6, 6.07) is 17.7. The number of fused-ring (bicyclic) bond motifs is 1. The van der Waals surface area contributed by atoms with Crippen LogP contribution in [0.15, 0.2) is 66.9 Å². The van der Waals surface area contributed by atoms with Crippen LogP contribution in [-0.4, -0.2) is 18.3 Å². The first-order valence-electron chi connectivity index (χ1n) is 11.6. The molecule has 0 aliphatic heterocycles. The van der Waals surface area contributed by atoms with Crippen LogP contribution in [0.3, 0.4) is 0 Å². The fraction of sp³-hybridized carbons (Fsp3) is 0.276. The van der Waals surface area contributed by atoms with E-state index in [1.54, 1.807) is 6.07 Å². The third kappa shape index (κ3) is 5.15. The van der Waals surface area contributed by atoms with Crippen LogP contribution in [-0.2, 0) is 11.6 Å². The number of benzene rings is 3. The Kier molecular flexibility index (Phi) is 6.37. The summed E-state index contributed by atoms with van der Waals surface area (Å²) < 4.78 is 58.0. The van der Waals surface area contributed by atoms with Crippen LogP contribution in [0.2, 0.25) is 17.3 Å². The van der Waals surface area contributed by atoms with E-state index in [-0.39, 0.29) is 16.5 Å². The standard InChI is InChI=1S/C29H29F4GeN/c1-28(2,3)24-14-19(13-18-9-7-8-10-21(18)24)27-16-23(26(30)17-35-27)22-12-11-20(34(4,5)6)15-25(22)29(31,32)33/h7-17H,1-6H3. The summed E-state index contributed by atoms with van der Waals surface area (Å²) >= 11 is -2.53. The first-order chi connectivity index (χ1) is 16.2. The van der Waals surface area contributed by atoms with E-state index in [1.165, 1.54) is 18.2 Å². The van der Waals surface area contributed by atoms with E-state index < -0.39 is 30.8 Å². The molecule has 0 amide bonds. The van der Waals surface area contributed by atoms with Gasteiger partial charge in [0.1, 0.15) is 0 Å². The van der Waals surface area contributed by atoms with Gasteiger partial charge in [-0.3, -0.25) is 0 Å². The monoisotopic (exact) mass is 541 g/mol. The second-order valence-electron chi connectivity index (χ2n) is 11.1. The van der Waals surface area contributed by atoms with Crippen molar-refractivity contribution in [2.24, 2.45) is 0 Å². The molecule has 0 unspecified atom stereocenters. The zero-order valence-corrected chi connectivity index (χ0v) is 22.9. The third-order valence-corrected chi connectivity index (χ3v) is 10.6. The van der Waals surface area contributed by atoms with Crippen LogP contribution < -0.4 is 4.40 Å². The van der Waals surface area contributed by atoms with E-state index in [4.69, 9.17) is 0 Å². The maximum atomic E-state index is 15.0. The predicted octanol–water partition coefficient (Wildman–Crippen LogP) is 8.57. The van der Waals surface area contributed by atoms with Crippen LogP contribution in [0.25, 0.3) is 33.2 Å². The van der Waals surface area contributed by atoms with E-state index in [9.17, 15) is 17.6 Å². The van der Waals surface area contributed by atoms with Gasteiger partial charge in [-0.15, -0.1) is 0 Å². The molecule has 1 aromatic heterocycles. The summed E-state index contributed by atoms with van der Waals surface area (Å²) in [6.45, 7) is 6.33. The zero-order valence-electron chi connectivity index (χ0n) is 20.8. The van der Waals surface area contributed by atoms with Gasteiger partial charge in [-0.1, -0.05) is 6.07 Å². The summed E-state index contributed by atoms with van der Waals surface area (Å²) in [5, 5.41) is 2.11. The topological polar surface area (TPSA) is 12.9 Å². The predicted molar refractivity (Wildman–Crippen MR) is 139 cm³/mol. The Morgan fingerprint density at radius 2 is 1.46 bits per heavy atom. The fourth-order valence-electron chi connectivity index (χ4n) is 4.36. The van der Waals surface area contributed by atoms with Crippen LogP contribution in [0.1, 0.15) is 31.9 Å². The van der Waals surface area contributed by atoms with Crippen molar-refractivity contribution in [3.63, 3.8) is 0 Å². The second-order valence-corrected chi connectivity index (χ2v) is 21.7. The number of hydrogen-bond acceptors (Lipinski definition) is 1. The van der Waals surface area contributed by atoms with E-state index in [0.717, 1.165) is 32.5 Å². The summed E-state index contributed by atoms with van der Waals surface area (Å²) in [5.41, 5.74) is 1.03. The molecule has 0 fully saturated rings. The molecule has 1 heterocycles. The molecule has 0 bridgehead atoms. The number of rotatable bonds is 3. The van der Waals surface area contributed by atoms with Gasteiger partial charge in [0.05, 0.1) is 0 Å². The molecule has 0 aliphatic rings. The Labute approximate surface area is 206 Å². The first kappa shape index (κ1) is 25.4. The van der Waals surface area contributed by atoms with Crippen molar-refractivity contribution in [2.75, 3.05) is 0 Å². The van der Waals surface area contributed by atoms with Crippen LogP contribution in [0.4, 0.5) is 17.6 Å². The number of pyridine rings is 1. The minimum atomic E-state index is -4.60. The van der Waals surface area contributed by atoms with Crippen molar-refractivity contribution in [2.45, 2.75) is 49.6 Å². The van der Waals surface area contributed by atoms with E-state index in [2.05, 4.69) is 31.8 Å². The molecule has 6 heteroatoms. The molecule has 182 valence electrons. The van der Waals surface area contributed by atoms with Crippen molar-refractivity contribution in [1.29, 1.82) is 0 Å². The number of nitrogens with zero attached hydrogens (tertiary/aromatic N) is 1. The average molecular weight is 540 g/mol. The van der Waals surface area contributed by atoms with E-state index in [1.807, 2.05) is 47.6 Å². The molecule has 4 rings (SSSR count). The van der Waals surface area contributed by atoms with Crippen molar-refractivity contribution in [3.8, 4) is 22.4 Å². The van der Waals surface area contributed by atoms with Crippen LogP contribution >= 0.6 is 0 Å². The molecule has 0 saturated heterocycles. The quantitative estimate of drug-likeness (QED) is 0.188. The van der Waals surface area contributed by atoms with Gasteiger partial charge in [0, 0.05) is 0 Å². The third-order valence-electron chi connectivity index (χ3n) is 6.30. The summed E-state index contributed by atoms with van der Waals surface area (Å²) in [7, 11) is 0. The molecular weight excluding hydrogens is 511 g/mol. The second kappa shape index (κ2) is 8.77. The van der Waals surface area contributed by atoms with Crippen molar-refractivity contribution in [1.82, 2.24) is 4.98 Å². The summed E-state index contributed by atoms with van der Waals surface area (Å²) in [4.78, 5) is 4.27. The molecule has 3 aromatic carbocycles. The van der Waals surface area contributed by atoms with Gasteiger partial charge >= 0.3 is 201 Å². The normalized spacial score (nSPS) is 12.9. The molecule has 0 radical (unpaired) electrons. The van der Waals surface area contributed by atoms with Crippen LogP contribution in [0.5, 0.6) is 0 Å². The molecule has 35 heavy (non-hydrogen) atoms. The molecule has 0 spiro atoms. The van der Waals surface area contributed by atoms with Gasteiger partial charge in [-0.2, -0.15) is 0 Å². The molecule has 0 aliphatic carbocycles. The number of hydrogen-bond donors (Lipinski definition) is 0. The van der Waals surface area contributed by atoms with Gasteiger partial charge in [0.25, 0.3) is 0 Å². The Morgan fingerprint density at radius 3 is 2.09 bits per heavy atom. The van der Waals surface area contributed by atoms with Gasteiger partial charge in [-0.25, -0.2) is 0 Å². The molecule has 0 N–H and O–H groups in total. The maximum absolute atomic E-state index is 15.0. The Morgan fingerprint density at radius 1 is 0.771 bits per heavy atom. The number of aromatic nitrogens is 1. The Balaban J connectivity index is 1.94. The molecular formula is C29H29F4GeN. The van der Waals surface area contributed by atoms with Crippen molar-refractivity contribution in [3.05, 3.63) is 83.8 Å². The van der Waals surface area contributed by atoms with E-state index in [0.29, 0.717) is 5.69 Å². The fourth-order valence-corrected chi connectivity index (χ4v) is 6.80. The molecule has 1 nitrogen and oxygen atoms in total. The van der Waals surface area contributed by atoms with Gasteiger partial charge in [-0.05, 0) is 0 Å². The zero-order chi connectivity index (χ0) is 25.8. The molecule has 0 atom stereocenters. The molecule has 4 aromatic rings. The Bertz CT molecular complexity index is 1410. The number of alkyl halides is 3. The minimum absolute atomic E-state index is 0.0965. The molecule has 0 saturated carbocycles. The van der Waals surface area contributed by atoms with Crippen molar-refractivity contribution >= 4 is 28.4 Å².